The molecule has 1 aromatic carbocycles. The number of nitrogens with one attached hydrogen (secondary N) is 1. The Morgan fingerprint density at radius 1 is 1.23 bits per heavy atom. The molecule has 134 valence electrons. The SMILES string of the molecule is Cc1ccnc(N(C)CCOc2ccc(/C=C3\SC(=O)NC3=O)cc2)c1. The molecule has 2 amide bonds. The summed E-state index contributed by atoms with van der Waals surface area (Å²) in [6.45, 7) is 3.27. The molecule has 0 unspecified atom stereocenters. The van der Waals surface area contributed by atoms with Crippen LogP contribution in [0.1, 0.15) is 11.1 Å². The van der Waals surface area contributed by atoms with E-state index in [1.807, 2.05) is 55.3 Å². The summed E-state index contributed by atoms with van der Waals surface area (Å²) in [6.07, 6.45) is 3.48. The Morgan fingerprint density at radius 3 is 2.65 bits per heavy atom. The van der Waals surface area contributed by atoms with E-state index in [1.165, 1.54) is 5.56 Å². The summed E-state index contributed by atoms with van der Waals surface area (Å²) < 4.78 is 5.76. The lowest BCUT2D eigenvalue weighted by atomic mass is 10.2. The molecule has 0 saturated carbocycles. The molecule has 1 fully saturated rings. The maximum absolute atomic E-state index is 11.5. The number of hydrogen-bond donors (Lipinski definition) is 1. The second-order valence-corrected chi connectivity index (χ2v) is 6.90. The number of anilines is 1. The molecule has 1 aliphatic heterocycles. The molecule has 0 radical (unpaired) electrons. The highest BCUT2D eigenvalue weighted by Crippen LogP contribution is 2.26. The summed E-state index contributed by atoms with van der Waals surface area (Å²) >= 11 is 0.907. The van der Waals surface area contributed by atoms with Crippen molar-refractivity contribution in [1.29, 1.82) is 0 Å². The number of aryl methyl sites for hydroxylation is 1. The Morgan fingerprint density at radius 2 is 2.00 bits per heavy atom. The highest BCUT2D eigenvalue weighted by Gasteiger charge is 2.24. The molecule has 0 aliphatic carbocycles. The fourth-order valence-corrected chi connectivity index (χ4v) is 3.06. The molecule has 2 aromatic rings. The topological polar surface area (TPSA) is 71.5 Å². The number of likely N-dealkylation sites (N-methyl/N-ethyl adjacent to an activating group) is 1. The van der Waals surface area contributed by atoms with Gasteiger partial charge in [-0.1, -0.05) is 12.1 Å². The first-order valence-electron chi connectivity index (χ1n) is 8.13. The van der Waals surface area contributed by atoms with Gasteiger partial charge in [-0.25, -0.2) is 4.98 Å². The van der Waals surface area contributed by atoms with Crippen molar-refractivity contribution >= 4 is 34.8 Å². The number of ether oxygens (including phenoxy) is 1. The first-order valence-corrected chi connectivity index (χ1v) is 8.94. The largest absolute Gasteiger partial charge is 0.492 e. The number of rotatable bonds is 6. The zero-order valence-electron chi connectivity index (χ0n) is 14.6. The van der Waals surface area contributed by atoms with E-state index in [4.69, 9.17) is 4.74 Å². The molecule has 0 bridgehead atoms. The zero-order valence-corrected chi connectivity index (χ0v) is 15.4. The second kappa shape index (κ2) is 8.05. The molecule has 1 aromatic heterocycles. The molecule has 26 heavy (non-hydrogen) atoms. The third-order valence-electron chi connectivity index (χ3n) is 3.81. The molecule has 1 N–H and O–H groups in total. The van der Waals surface area contributed by atoms with Crippen molar-refractivity contribution in [3.8, 4) is 5.75 Å². The smallest absolute Gasteiger partial charge is 0.290 e. The average Bonchev–Trinajstić information content (AvgIpc) is 2.93. The maximum Gasteiger partial charge on any atom is 0.290 e. The number of carbonyl (C=O) groups excluding carboxylic acids is 2. The van der Waals surface area contributed by atoms with E-state index in [0.717, 1.165) is 28.9 Å². The van der Waals surface area contributed by atoms with Crippen molar-refractivity contribution in [2.24, 2.45) is 0 Å². The van der Waals surface area contributed by atoms with Crippen molar-refractivity contribution in [3.05, 3.63) is 58.6 Å². The van der Waals surface area contributed by atoms with Crippen LogP contribution in [0.2, 0.25) is 0 Å². The van der Waals surface area contributed by atoms with Gasteiger partial charge in [0, 0.05) is 13.2 Å². The van der Waals surface area contributed by atoms with Crippen LogP contribution >= 0.6 is 11.8 Å². The van der Waals surface area contributed by atoms with Gasteiger partial charge in [-0.05, 0) is 60.2 Å². The van der Waals surface area contributed by atoms with Gasteiger partial charge in [-0.2, -0.15) is 0 Å². The van der Waals surface area contributed by atoms with Crippen LogP contribution in [0, 0.1) is 6.92 Å². The molecular formula is C19H19N3O3S. The molecule has 0 spiro atoms. The minimum atomic E-state index is -0.354. The van der Waals surface area contributed by atoms with Gasteiger partial charge in [0.25, 0.3) is 11.1 Å². The van der Waals surface area contributed by atoms with E-state index in [-0.39, 0.29) is 11.1 Å². The predicted octanol–water partition coefficient (Wildman–Crippen LogP) is 3.23. The minimum Gasteiger partial charge on any atom is -0.492 e. The molecule has 2 heterocycles. The quantitative estimate of drug-likeness (QED) is 0.789. The van der Waals surface area contributed by atoms with Crippen LogP contribution in [0.3, 0.4) is 0 Å². The van der Waals surface area contributed by atoms with E-state index in [9.17, 15) is 9.59 Å². The summed E-state index contributed by atoms with van der Waals surface area (Å²) in [5, 5.41) is 1.90. The number of thioether (sulfide) groups is 1. The third-order valence-corrected chi connectivity index (χ3v) is 4.62. The molecule has 1 saturated heterocycles. The lowest BCUT2D eigenvalue weighted by molar-refractivity contribution is -0.115. The monoisotopic (exact) mass is 369 g/mol. The van der Waals surface area contributed by atoms with Crippen LogP contribution < -0.4 is 15.0 Å². The number of hydrogen-bond acceptors (Lipinski definition) is 6. The van der Waals surface area contributed by atoms with Gasteiger partial charge in [-0.15, -0.1) is 0 Å². The fraction of sp³-hybridized carbons (Fsp3) is 0.211. The van der Waals surface area contributed by atoms with Crippen molar-refractivity contribution in [3.63, 3.8) is 0 Å². The van der Waals surface area contributed by atoms with Crippen molar-refractivity contribution in [2.75, 3.05) is 25.1 Å². The standard InChI is InChI=1S/C19H19N3O3S/c1-13-7-8-20-17(11-13)22(2)9-10-25-15-5-3-14(4-6-15)12-16-18(23)21-19(24)26-16/h3-8,11-12H,9-10H2,1-2H3,(H,21,23,24)/b16-12-. The van der Waals surface area contributed by atoms with Gasteiger partial charge in [0.1, 0.15) is 18.2 Å². The number of amides is 2. The maximum atomic E-state index is 11.5. The van der Waals surface area contributed by atoms with E-state index in [0.29, 0.717) is 18.1 Å². The summed E-state index contributed by atoms with van der Waals surface area (Å²) in [4.78, 5) is 29.5. The molecule has 0 atom stereocenters. The molecule has 6 nitrogen and oxygen atoms in total. The van der Waals surface area contributed by atoms with E-state index >= 15 is 0 Å². The Bertz CT molecular complexity index is 849. The Balaban J connectivity index is 1.52. The van der Waals surface area contributed by atoms with Crippen LogP contribution in [-0.4, -0.2) is 36.3 Å². The average molecular weight is 369 g/mol. The molecule has 1 aliphatic rings. The van der Waals surface area contributed by atoms with Crippen molar-refractivity contribution in [2.45, 2.75) is 6.92 Å². The highest BCUT2D eigenvalue weighted by molar-refractivity contribution is 8.18. The van der Waals surface area contributed by atoms with Gasteiger partial charge in [0.05, 0.1) is 11.4 Å². The van der Waals surface area contributed by atoms with Crippen molar-refractivity contribution < 1.29 is 14.3 Å². The third kappa shape index (κ3) is 4.64. The Labute approximate surface area is 156 Å². The van der Waals surface area contributed by atoms with Gasteiger partial charge in [-0.3, -0.25) is 14.9 Å². The zero-order chi connectivity index (χ0) is 18.5. The summed E-state index contributed by atoms with van der Waals surface area (Å²) in [7, 11) is 1.98. The van der Waals surface area contributed by atoms with E-state index < -0.39 is 0 Å². The minimum absolute atomic E-state index is 0.339. The normalized spacial score (nSPS) is 15.2. The first kappa shape index (κ1) is 18.0. The van der Waals surface area contributed by atoms with Crippen LogP contribution in [0.25, 0.3) is 6.08 Å². The number of nitrogens with zero attached hydrogens (tertiary/aromatic N) is 2. The van der Waals surface area contributed by atoms with Crippen LogP contribution in [0.4, 0.5) is 10.6 Å². The number of imide groups is 1. The lowest BCUT2D eigenvalue weighted by Crippen LogP contribution is -2.24. The summed E-state index contributed by atoms with van der Waals surface area (Å²) in [5.74, 6) is 1.31. The van der Waals surface area contributed by atoms with Gasteiger partial charge in [0.15, 0.2) is 0 Å². The molecule has 3 rings (SSSR count). The first-order chi connectivity index (χ1) is 12.5. The highest BCUT2D eigenvalue weighted by atomic mass is 32.2. The number of benzene rings is 1. The summed E-state index contributed by atoms with van der Waals surface area (Å²) in [5.41, 5.74) is 2.01. The predicted molar refractivity (Wildman–Crippen MR) is 103 cm³/mol. The molecule has 7 heteroatoms. The number of pyridine rings is 1. The van der Waals surface area contributed by atoms with Gasteiger partial charge in [0.2, 0.25) is 0 Å². The number of aromatic nitrogens is 1. The fourth-order valence-electron chi connectivity index (χ4n) is 2.38. The second-order valence-electron chi connectivity index (χ2n) is 5.88. The van der Waals surface area contributed by atoms with Gasteiger partial charge < -0.3 is 9.64 Å². The lowest BCUT2D eigenvalue weighted by Gasteiger charge is -2.18. The van der Waals surface area contributed by atoms with E-state index in [2.05, 4.69) is 10.3 Å². The van der Waals surface area contributed by atoms with Crippen LogP contribution in [-0.2, 0) is 4.79 Å². The van der Waals surface area contributed by atoms with Gasteiger partial charge >= 0.3 is 0 Å². The van der Waals surface area contributed by atoms with E-state index in [1.54, 1.807) is 12.3 Å². The van der Waals surface area contributed by atoms with Crippen molar-refractivity contribution in [1.82, 2.24) is 10.3 Å². The van der Waals surface area contributed by atoms with Crippen LogP contribution in [0.5, 0.6) is 5.75 Å². The van der Waals surface area contributed by atoms with Crippen LogP contribution in [0.15, 0.2) is 47.5 Å². The molecular weight excluding hydrogens is 350 g/mol. The summed E-state index contributed by atoms with van der Waals surface area (Å²) in [6, 6.07) is 11.4. The number of carbonyl (C=O) groups is 2. The Hall–Kier alpha value is -2.80. The Kier molecular flexibility index (Phi) is 5.58.